The van der Waals surface area contributed by atoms with E-state index in [1.807, 2.05) is 0 Å². The van der Waals surface area contributed by atoms with Crippen LogP contribution in [-0.4, -0.2) is 12.2 Å². The van der Waals surface area contributed by atoms with E-state index in [0.717, 1.165) is 24.3 Å². The van der Waals surface area contributed by atoms with E-state index in [4.69, 9.17) is 9.47 Å². The molecule has 2 aromatic rings. The third-order valence-electron chi connectivity index (χ3n) is 6.19. The Bertz CT molecular complexity index is 907. The molecule has 166 valence electrons. The average Bonchev–Trinajstić information content (AvgIpc) is 2.85. The summed E-state index contributed by atoms with van der Waals surface area (Å²) >= 11 is 0. The van der Waals surface area contributed by atoms with Crippen LogP contribution in [0.4, 0.5) is 0 Å². The van der Waals surface area contributed by atoms with Crippen molar-refractivity contribution in [2.24, 2.45) is 0 Å². The highest BCUT2D eigenvalue weighted by Crippen LogP contribution is 2.33. The van der Waals surface area contributed by atoms with Crippen LogP contribution in [0.1, 0.15) is 63.5 Å². The molecular formula is C30H34O2. The lowest BCUT2D eigenvalue weighted by Gasteiger charge is -2.20. The molecule has 0 saturated carbocycles. The molecule has 0 aromatic heterocycles. The zero-order chi connectivity index (χ0) is 22.2. The summed E-state index contributed by atoms with van der Waals surface area (Å²) in [5, 5.41) is 0. The maximum atomic E-state index is 6.13. The van der Waals surface area contributed by atoms with Crippen LogP contribution < -0.4 is 9.47 Å². The molecule has 0 fully saturated rings. The van der Waals surface area contributed by atoms with Crippen molar-refractivity contribution in [3.8, 4) is 11.5 Å². The molecule has 0 N–H and O–H groups in total. The fourth-order valence-electron chi connectivity index (χ4n) is 4.49. The largest absolute Gasteiger partial charge is 0.486 e. The van der Waals surface area contributed by atoms with Gasteiger partial charge in [0.05, 0.1) is 0 Å². The molecule has 0 spiro atoms. The zero-order valence-corrected chi connectivity index (χ0v) is 19.3. The molecular weight excluding hydrogens is 392 g/mol. The van der Waals surface area contributed by atoms with Crippen LogP contribution in [0, 0.1) is 0 Å². The van der Waals surface area contributed by atoms with Crippen LogP contribution in [0.3, 0.4) is 0 Å². The second-order valence-electron chi connectivity index (χ2n) is 8.48. The molecule has 0 amide bonds. The van der Waals surface area contributed by atoms with Gasteiger partial charge in [-0.2, -0.15) is 0 Å². The van der Waals surface area contributed by atoms with Crippen LogP contribution >= 0.6 is 0 Å². The van der Waals surface area contributed by atoms with Gasteiger partial charge in [-0.15, -0.1) is 0 Å². The molecule has 2 aromatic carbocycles. The Morgan fingerprint density at radius 3 is 1.38 bits per heavy atom. The predicted octanol–water partition coefficient (Wildman–Crippen LogP) is 8.17. The first-order chi connectivity index (χ1) is 15.8. The molecule has 4 rings (SSSR count). The standard InChI is InChI=1S/C30H34O2/c1-3-29(23-15-19-27(20-16-23)31-25-11-7-5-8-12-25)30(4-2)24-17-21-28(22-18-24)32-26-13-9-6-10-14-26/h3-4,7,9,11,13,15-22,25-26H,5-6,8,10,12,14H2,1-2H3/b29-3+,30-4+. The van der Waals surface area contributed by atoms with Crippen LogP contribution in [0.2, 0.25) is 0 Å². The van der Waals surface area contributed by atoms with Crippen molar-refractivity contribution in [2.45, 2.75) is 64.6 Å². The third kappa shape index (κ3) is 5.62. The number of allylic oxidation sites excluding steroid dienone is 6. The Labute approximate surface area is 193 Å². The molecule has 2 aliphatic rings. The van der Waals surface area contributed by atoms with E-state index >= 15 is 0 Å². The molecule has 0 bridgehead atoms. The lowest BCUT2D eigenvalue weighted by atomic mass is 9.92. The summed E-state index contributed by atoms with van der Waals surface area (Å²) in [6.45, 7) is 4.20. The van der Waals surface area contributed by atoms with Gasteiger partial charge in [-0.25, -0.2) is 0 Å². The number of benzene rings is 2. The lowest BCUT2D eigenvalue weighted by molar-refractivity contribution is 0.229. The molecule has 0 aliphatic heterocycles. The normalized spacial score (nSPS) is 21.4. The highest BCUT2D eigenvalue weighted by Gasteiger charge is 2.13. The van der Waals surface area contributed by atoms with Crippen molar-refractivity contribution >= 4 is 11.1 Å². The van der Waals surface area contributed by atoms with E-state index in [-0.39, 0.29) is 12.2 Å². The van der Waals surface area contributed by atoms with Crippen molar-refractivity contribution in [2.75, 3.05) is 0 Å². The quantitative estimate of drug-likeness (QED) is 0.328. The van der Waals surface area contributed by atoms with Crippen LogP contribution in [0.25, 0.3) is 11.1 Å². The Balaban J connectivity index is 1.46. The first-order valence-electron chi connectivity index (χ1n) is 12.0. The highest BCUT2D eigenvalue weighted by atomic mass is 16.5. The van der Waals surface area contributed by atoms with E-state index < -0.39 is 0 Å². The maximum absolute atomic E-state index is 6.13. The summed E-state index contributed by atoms with van der Waals surface area (Å²) in [5.41, 5.74) is 4.83. The van der Waals surface area contributed by atoms with Gasteiger partial charge < -0.3 is 9.47 Å². The molecule has 0 heterocycles. The van der Waals surface area contributed by atoms with Gasteiger partial charge in [0.1, 0.15) is 23.7 Å². The maximum Gasteiger partial charge on any atom is 0.120 e. The average molecular weight is 427 g/mol. The topological polar surface area (TPSA) is 18.5 Å². The monoisotopic (exact) mass is 426 g/mol. The minimum absolute atomic E-state index is 0.201. The number of hydrogen-bond donors (Lipinski definition) is 0. The van der Waals surface area contributed by atoms with Gasteiger partial charge >= 0.3 is 0 Å². The minimum Gasteiger partial charge on any atom is -0.486 e. The fourth-order valence-corrected chi connectivity index (χ4v) is 4.49. The highest BCUT2D eigenvalue weighted by molar-refractivity contribution is 6.04. The third-order valence-corrected chi connectivity index (χ3v) is 6.19. The zero-order valence-electron chi connectivity index (χ0n) is 19.3. The Kier molecular flexibility index (Phi) is 7.66. The predicted molar refractivity (Wildman–Crippen MR) is 135 cm³/mol. The molecule has 0 saturated heterocycles. The second-order valence-corrected chi connectivity index (χ2v) is 8.48. The number of hydrogen-bond acceptors (Lipinski definition) is 2. The number of rotatable bonds is 7. The van der Waals surface area contributed by atoms with E-state index in [2.05, 4.69) is 98.8 Å². The summed E-state index contributed by atoms with van der Waals surface area (Å²) in [5.74, 6) is 1.86. The van der Waals surface area contributed by atoms with Crippen molar-refractivity contribution in [1.82, 2.24) is 0 Å². The van der Waals surface area contributed by atoms with Gasteiger partial charge in [0.25, 0.3) is 0 Å². The molecule has 2 unspecified atom stereocenters. The van der Waals surface area contributed by atoms with Gasteiger partial charge in [0, 0.05) is 0 Å². The Morgan fingerprint density at radius 2 is 1.06 bits per heavy atom. The summed E-state index contributed by atoms with van der Waals surface area (Å²) < 4.78 is 12.3. The molecule has 2 nitrogen and oxygen atoms in total. The van der Waals surface area contributed by atoms with Crippen molar-refractivity contribution in [1.29, 1.82) is 0 Å². The summed E-state index contributed by atoms with van der Waals surface area (Å²) in [6, 6.07) is 17.0. The van der Waals surface area contributed by atoms with Crippen LogP contribution in [0.5, 0.6) is 11.5 Å². The number of ether oxygens (including phenoxy) is 2. The fraction of sp³-hybridized carbons (Fsp3) is 0.333. The van der Waals surface area contributed by atoms with Crippen molar-refractivity contribution in [3.05, 3.63) is 96.1 Å². The van der Waals surface area contributed by atoms with E-state index in [0.29, 0.717) is 0 Å². The van der Waals surface area contributed by atoms with E-state index in [1.165, 1.54) is 48.0 Å². The molecule has 2 aliphatic carbocycles. The minimum atomic E-state index is 0.201. The van der Waals surface area contributed by atoms with Gasteiger partial charge in [0.15, 0.2) is 0 Å². The van der Waals surface area contributed by atoms with Gasteiger partial charge in [-0.1, -0.05) is 48.6 Å². The van der Waals surface area contributed by atoms with Gasteiger partial charge in [-0.3, -0.25) is 0 Å². The molecule has 2 atom stereocenters. The molecule has 2 heteroatoms. The SMILES string of the molecule is C/C=C(/C(=C/C)c1ccc(OC2C=CCCC2)cc1)c1ccc(OC2C=CCCC2)cc1. The Hall–Kier alpha value is -3.00. The smallest absolute Gasteiger partial charge is 0.120 e. The van der Waals surface area contributed by atoms with E-state index in [1.54, 1.807) is 0 Å². The van der Waals surface area contributed by atoms with Crippen LogP contribution in [0.15, 0.2) is 85.0 Å². The second kappa shape index (κ2) is 11.0. The van der Waals surface area contributed by atoms with Crippen LogP contribution in [-0.2, 0) is 0 Å². The van der Waals surface area contributed by atoms with Gasteiger partial charge in [-0.05, 0) is 111 Å². The Morgan fingerprint density at radius 1 is 0.656 bits per heavy atom. The molecule has 0 radical (unpaired) electrons. The summed E-state index contributed by atoms with van der Waals surface area (Å²) in [6.07, 6.45) is 20.5. The first kappa shape index (κ1) is 22.2. The molecule has 32 heavy (non-hydrogen) atoms. The van der Waals surface area contributed by atoms with Crippen molar-refractivity contribution < 1.29 is 9.47 Å². The van der Waals surface area contributed by atoms with E-state index in [9.17, 15) is 0 Å². The van der Waals surface area contributed by atoms with Gasteiger partial charge in [0.2, 0.25) is 0 Å². The van der Waals surface area contributed by atoms with Crippen molar-refractivity contribution in [3.63, 3.8) is 0 Å². The first-order valence-corrected chi connectivity index (χ1v) is 12.0. The lowest BCUT2D eigenvalue weighted by Crippen LogP contribution is -2.15. The summed E-state index contributed by atoms with van der Waals surface area (Å²) in [4.78, 5) is 0. The summed E-state index contributed by atoms with van der Waals surface area (Å²) in [7, 11) is 0.